The number of halogens is 3. The van der Waals surface area contributed by atoms with Gasteiger partial charge in [0.15, 0.2) is 0 Å². The van der Waals surface area contributed by atoms with E-state index in [-0.39, 0.29) is 5.91 Å². The standard InChI is InChI=1S/C21H15Cl2IN2O2/c22-19-9-4-15(11-20(19)23)13-28-18-3-1-2-14(10-18)12-25-26-21(27)16-5-7-17(24)8-6-16/h1-12H,13H2,(H,26,27)/b25-12-. The maximum Gasteiger partial charge on any atom is 0.271 e. The number of hydrazone groups is 1. The fourth-order valence-corrected chi connectivity index (χ4v) is 2.99. The van der Waals surface area contributed by atoms with Crippen LogP contribution in [-0.4, -0.2) is 12.1 Å². The minimum Gasteiger partial charge on any atom is -0.489 e. The Balaban J connectivity index is 1.58. The Kier molecular flexibility index (Phi) is 7.30. The Morgan fingerprint density at radius 2 is 1.82 bits per heavy atom. The molecule has 0 atom stereocenters. The lowest BCUT2D eigenvalue weighted by atomic mass is 10.2. The second-order valence-electron chi connectivity index (χ2n) is 5.82. The lowest BCUT2D eigenvalue weighted by Crippen LogP contribution is -2.17. The third-order valence-electron chi connectivity index (χ3n) is 3.73. The summed E-state index contributed by atoms with van der Waals surface area (Å²) in [6.07, 6.45) is 1.57. The van der Waals surface area contributed by atoms with Gasteiger partial charge in [-0.25, -0.2) is 5.43 Å². The van der Waals surface area contributed by atoms with Crippen LogP contribution in [0.25, 0.3) is 0 Å². The van der Waals surface area contributed by atoms with Gasteiger partial charge in [-0.1, -0.05) is 41.4 Å². The van der Waals surface area contributed by atoms with Crippen LogP contribution in [0, 0.1) is 3.57 Å². The number of carbonyl (C=O) groups excluding carboxylic acids is 1. The number of hydrogen-bond acceptors (Lipinski definition) is 3. The summed E-state index contributed by atoms with van der Waals surface area (Å²) in [4.78, 5) is 12.1. The second kappa shape index (κ2) is 9.91. The lowest BCUT2D eigenvalue weighted by Gasteiger charge is -2.08. The normalized spacial score (nSPS) is 10.8. The topological polar surface area (TPSA) is 50.7 Å². The molecule has 142 valence electrons. The number of amides is 1. The third-order valence-corrected chi connectivity index (χ3v) is 5.19. The third kappa shape index (κ3) is 5.95. The molecule has 3 rings (SSSR count). The highest BCUT2D eigenvalue weighted by Crippen LogP contribution is 2.23. The van der Waals surface area contributed by atoms with Crippen molar-refractivity contribution in [2.45, 2.75) is 6.61 Å². The molecule has 0 aromatic heterocycles. The van der Waals surface area contributed by atoms with Gasteiger partial charge in [0.05, 0.1) is 16.3 Å². The van der Waals surface area contributed by atoms with Gasteiger partial charge in [-0.05, 0) is 82.2 Å². The highest BCUT2D eigenvalue weighted by atomic mass is 127. The first-order valence-corrected chi connectivity index (χ1v) is 10.1. The quantitative estimate of drug-likeness (QED) is 0.246. The molecule has 0 radical (unpaired) electrons. The second-order valence-corrected chi connectivity index (χ2v) is 7.88. The first-order valence-electron chi connectivity index (χ1n) is 8.27. The van der Waals surface area contributed by atoms with E-state index in [1.165, 1.54) is 0 Å². The average Bonchev–Trinajstić information content (AvgIpc) is 2.70. The van der Waals surface area contributed by atoms with Gasteiger partial charge >= 0.3 is 0 Å². The molecule has 0 aliphatic heterocycles. The van der Waals surface area contributed by atoms with Gasteiger partial charge in [0.2, 0.25) is 0 Å². The zero-order chi connectivity index (χ0) is 19.9. The van der Waals surface area contributed by atoms with Crippen LogP contribution in [0.5, 0.6) is 5.75 Å². The number of nitrogens with zero attached hydrogens (tertiary/aromatic N) is 1. The van der Waals surface area contributed by atoms with E-state index in [0.29, 0.717) is 28.0 Å². The molecule has 7 heteroatoms. The van der Waals surface area contributed by atoms with E-state index >= 15 is 0 Å². The highest BCUT2D eigenvalue weighted by Gasteiger charge is 2.04. The minimum absolute atomic E-state index is 0.264. The van der Waals surface area contributed by atoms with Crippen molar-refractivity contribution in [2.75, 3.05) is 0 Å². The SMILES string of the molecule is O=C(N/N=C\c1cccc(OCc2ccc(Cl)c(Cl)c2)c1)c1ccc(I)cc1. The summed E-state index contributed by atoms with van der Waals surface area (Å²) in [6.45, 7) is 0.362. The van der Waals surface area contributed by atoms with Crippen molar-refractivity contribution in [3.05, 3.63) is 97.0 Å². The fraction of sp³-hybridized carbons (Fsp3) is 0.0476. The van der Waals surface area contributed by atoms with Crippen LogP contribution in [0.15, 0.2) is 71.8 Å². The minimum atomic E-state index is -0.264. The van der Waals surface area contributed by atoms with Crippen LogP contribution < -0.4 is 10.2 Å². The van der Waals surface area contributed by atoms with Crippen LogP contribution >= 0.6 is 45.8 Å². The molecule has 0 bridgehead atoms. The lowest BCUT2D eigenvalue weighted by molar-refractivity contribution is 0.0955. The van der Waals surface area contributed by atoms with Gasteiger partial charge in [-0.3, -0.25) is 4.79 Å². The Morgan fingerprint density at radius 3 is 2.57 bits per heavy atom. The molecule has 3 aromatic rings. The summed E-state index contributed by atoms with van der Waals surface area (Å²) < 4.78 is 6.85. The van der Waals surface area contributed by atoms with Crippen molar-refractivity contribution in [1.29, 1.82) is 0 Å². The van der Waals surface area contributed by atoms with Crippen LogP contribution in [0.1, 0.15) is 21.5 Å². The molecule has 3 aromatic carbocycles. The molecule has 1 amide bonds. The van der Waals surface area contributed by atoms with E-state index < -0.39 is 0 Å². The summed E-state index contributed by atoms with van der Waals surface area (Å²) in [5.41, 5.74) is 4.78. The molecule has 0 aliphatic carbocycles. The summed E-state index contributed by atoms with van der Waals surface area (Å²) in [5.74, 6) is 0.415. The number of carbonyl (C=O) groups is 1. The number of ether oxygens (including phenoxy) is 1. The molecule has 1 N–H and O–H groups in total. The van der Waals surface area contributed by atoms with Crippen molar-refractivity contribution < 1.29 is 9.53 Å². The first kappa shape index (κ1) is 20.6. The molecule has 0 heterocycles. The Bertz CT molecular complexity index is 1010. The van der Waals surface area contributed by atoms with Crippen molar-refractivity contribution in [2.24, 2.45) is 5.10 Å². The zero-order valence-electron chi connectivity index (χ0n) is 14.5. The van der Waals surface area contributed by atoms with E-state index in [1.54, 1.807) is 30.5 Å². The number of benzene rings is 3. The molecular formula is C21H15Cl2IN2O2. The zero-order valence-corrected chi connectivity index (χ0v) is 18.2. The largest absolute Gasteiger partial charge is 0.489 e. The Hall–Kier alpha value is -2.09. The van der Waals surface area contributed by atoms with E-state index in [0.717, 1.165) is 14.7 Å². The van der Waals surface area contributed by atoms with Crippen molar-refractivity contribution >= 4 is 57.9 Å². The first-order chi connectivity index (χ1) is 13.5. The number of nitrogens with one attached hydrogen (secondary N) is 1. The molecule has 0 saturated heterocycles. The van der Waals surface area contributed by atoms with Gasteiger partial charge in [0.25, 0.3) is 5.91 Å². The average molecular weight is 525 g/mol. The molecular weight excluding hydrogens is 510 g/mol. The molecule has 4 nitrogen and oxygen atoms in total. The summed E-state index contributed by atoms with van der Waals surface area (Å²) >= 11 is 14.1. The van der Waals surface area contributed by atoms with Gasteiger partial charge in [-0.2, -0.15) is 5.10 Å². The number of rotatable bonds is 6. The van der Waals surface area contributed by atoms with Gasteiger partial charge in [0, 0.05) is 9.13 Å². The van der Waals surface area contributed by atoms with E-state index in [2.05, 4.69) is 33.1 Å². The molecule has 0 saturated carbocycles. The van der Waals surface area contributed by atoms with Gasteiger partial charge in [0.1, 0.15) is 12.4 Å². The maximum absolute atomic E-state index is 12.1. The smallest absolute Gasteiger partial charge is 0.271 e. The van der Waals surface area contributed by atoms with Crippen LogP contribution in [0.4, 0.5) is 0 Å². The van der Waals surface area contributed by atoms with Crippen LogP contribution in [-0.2, 0) is 6.61 Å². The van der Waals surface area contributed by atoms with Crippen molar-refractivity contribution in [3.63, 3.8) is 0 Å². The highest BCUT2D eigenvalue weighted by molar-refractivity contribution is 14.1. The fourth-order valence-electron chi connectivity index (χ4n) is 2.31. The van der Waals surface area contributed by atoms with Gasteiger partial charge in [-0.15, -0.1) is 0 Å². The molecule has 28 heavy (non-hydrogen) atoms. The number of hydrogen-bond donors (Lipinski definition) is 1. The van der Waals surface area contributed by atoms with E-state index in [4.69, 9.17) is 27.9 Å². The van der Waals surface area contributed by atoms with Crippen LogP contribution in [0.2, 0.25) is 10.0 Å². The Morgan fingerprint density at radius 1 is 1.04 bits per heavy atom. The predicted molar refractivity (Wildman–Crippen MR) is 121 cm³/mol. The van der Waals surface area contributed by atoms with E-state index in [9.17, 15) is 4.79 Å². The molecule has 0 fully saturated rings. The molecule has 0 unspecified atom stereocenters. The van der Waals surface area contributed by atoms with Crippen LogP contribution in [0.3, 0.4) is 0 Å². The van der Waals surface area contributed by atoms with Crippen molar-refractivity contribution in [3.8, 4) is 5.75 Å². The Labute approximate surface area is 186 Å². The van der Waals surface area contributed by atoms with E-state index in [1.807, 2.05) is 42.5 Å². The van der Waals surface area contributed by atoms with Crippen molar-refractivity contribution in [1.82, 2.24) is 5.43 Å². The maximum atomic E-state index is 12.1. The molecule has 0 aliphatic rings. The molecule has 0 spiro atoms. The summed E-state index contributed by atoms with van der Waals surface area (Å²) in [6, 6.07) is 20.0. The monoisotopic (exact) mass is 524 g/mol. The summed E-state index contributed by atoms with van der Waals surface area (Å²) in [7, 11) is 0. The summed E-state index contributed by atoms with van der Waals surface area (Å²) in [5, 5.41) is 5.01. The predicted octanol–water partition coefficient (Wildman–Crippen LogP) is 5.94. The van der Waals surface area contributed by atoms with Gasteiger partial charge < -0.3 is 4.74 Å².